The molecule has 5 nitrogen and oxygen atoms in total. The second-order valence-electron chi connectivity index (χ2n) is 5.68. The molecule has 0 radical (unpaired) electrons. The topological polar surface area (TPSA) is 53.6 Å². The van der Waals surface area contributed by atoms with E-state index in [0.29, 0.717) is 11.4 Å². The van der Waals surface area contributed by atoms with Crippen LogP contribution < -0.4 is 20.3 Å². The molecule has 0 aromatic heterocycles. The molecule has 1 aromatic carbocycles. The molecule has 1 fully saturated rings. The Balaban J connectivity index is 2.08. The largest absolute Gasteiger partial charge is 0.494 e. The predicted octanol–water partition coefficient (Wildman–Crippen LogP) is 3.22. The van der Waals surface area contributed by atoms with Crippen LogP contribution in [0.3, 0.4) is 0 Å². The van der Waals surface area contributed by atoms with Gasteiger partial charge in [-0.15, -0.1) is 0 Å². The molecule has 0 saturated heterocycles. The third-order valence-electron chi connectivity index (χ3n) is 3.88. The molecule has 0 unspecified atom stereocenters. The van der Waals surface area contributed by atoms with Crippen molar-refractivity contribution in [1.29, 1.82) is 0 Å². The first-order chi connectivity index (χ1) is 10.1. The Morgan fingerprint density at radius 3 is 2.57 bits per heavy atom. The van der Waals surface area contributed by atoms with E-state index >= 15 is 0 Å². The molecule has 1 saturated carbocycles. The summed E-state index contributed by atoms with van der Waals surface area (Å²) in [7, 11) is 5.50. The fraction of sp³-hybridized carbons (Fsp3) is 0.562. The van der Waals surface area contributed by atoms with Crippen LogP contribution in [0.5, 0.6) is 5.75 Å². The quantitative estimate of drug-likeness (QED) is 0.895. The van der Waals surface area contributed by atoms with Gasteiger partial charge in [0.2, 0.25) is 0 Å². The summed E-state index contributed by atoms with van der Waals surface area (Å²) in [5.74, 6) is 0.667. The summed E-state index contributed by atoms with van der Waals surface area (Å²) in [5, 5.41) is 6.00. The standard InChI is InChI=1S/C16H25N3O2/c1-19(2)13-10-7-11-14(21-3)15(13)18-16(20)17-12-8-5-4-6-9-12/h7,10-12H,4-6,8-9H2,1-3H3,(H2,17,18,20). The van der Waals surface area contributed by atoms with Gasteiger partial charge in [-0.1, -0.05) is 25.3 Å². The van der Waals surface area contributed by atoms with Crippen LogP contribution in [-0.4, -0.2) is 33.3 Å². The van der Waals surface area contributed by atoms with Crippen LogP contribution in [0.1, 0.15) is 32.1 Å². The van der Waals surface area contributed by atoms with Crippen molar-refractivity contribution in [2.75, 3.05) is 31.4 Å². The number of ether oxygens (including phenoxy) is 1. The highest BCUT2D eigenvalue weighted by atomic mass is 16.5. The molecule has 5 heteroatoms. The maximum Gasteiger partial charge on any atom is 0.319 e. The molecule has 0 aliphatic heterocycles. The van der Waals surface area contributed by atoms with E-state index in [1.807, 2.05) is 37.2 Å². The van der Waals surface area contributed by atoms with Crippen molar-refractivity contribution < 1.29 is 9.53 Å². The number of hydrogen-bond acceptors (Lipinski definition) is 3. The molecule has 2 rings (SSSR count). The lowest BCUT2D eigenvalue weighted by Gasteiger charge is -2.24. The third-order valence-corrected chi connectivity index (χ3v) is 3.88. The monoisotopic (exact) mass is 291 g/mol. The Morgan fingerprint density at radius 1 is 1.24 bits per heavy atom. The number of urea groups is 1. The number of nitrogens with one attached hydrogen (secondary N) is 2. The Hall–Kier alpha value is -1.91. The SMILES string of the molecule is COc1cccc(N(C)C)c1NC(=O)NC1CCCCC1. The van der Waals surface area contributed by atoms with E-state index < -0.39 is 0 Å². The number of carbonyl (C=O) groups excluding carboxylic acids is 1. The highest BCUT2D eigenvalue weighted by Gasteiger charge is 2.18. The van der Waals surface area contributed by atoms with E-state index in [0.717, 1.165) is 18.5 Å². The van der Waals surface area contributed by atoms with Crippen LogP contribution >= 0.6 is 0 Å². The van der Waals surface area contributed by atoms with Gasteiger partial charge in [-0.05, 0) is 25.0 Å². The van der Waals surface area contributed by atoms with E-state index in [2.05, 4.69) is 10.6 Å². The van der Waals surface area contributed by atoms with Crippen molar-refractivity contribution in [2.45, 2.75) is 38.1 Å². The fourth-order valence-corrected chi connectivity index (χ4v) is 2.77. The molecular formula is C16H25N3O2. The minimum Gasteiger partial charge on any atom is -0.494 e. The number of anilines is 2. The first-order valence-corrected chi connectivity index (χ1v) is 7.53. The molecule has 1 aromatic rings. The Kier molecular flexibility index (Phi) is 5.31. The molecule has 0 heterocycles. The van der Waals surface area contributed by atoms with Gasteiger partial charge in [0.1, 0.15) is 11.4 Å². The van der Waals surface area contributed by atoms with Crippen molar-refractivity contribution in [3.8, 4) is 5.75 Å². The Labute approximate surface area is 126 Å². The van der Waals surface area contributed by atoms with Gasteiger partial charge in [-0.25, -0.2) is 4.79 Å². The molecule has 21 heavy (non-hydrogen) atoms. The zero-order valence-corrected chi connectivity index (χ0v) is 13.1. The van der Waals surface area contributed by atoms with Gasteiger partial charge >= 0.3 is 6.03 Å². The number of benzene rings is 1. The average molecular weight is 291 g/mol. The number of methoxy groups -OCH3 is 1. The Morgan fingerprint density at radius 2 is 1.95 bits per heavy atom. The number of hydrogen-bond donors (Lipinski definition) is 2. The second-order valence-corrected chi connectivity index (χ2v) is 5.68. The first-order valence-electron chi connectivity index (χ1n) is 7.53. The van der Waals surface area contributed by atoms with E-state index in [4.69, 9.17) is 4.74 Å². The summed E-state index contributed by atoms with van der Waals surface area (Å²) < 4.78 is 5.36. The number of amides is 2. The van der Waals surface area contributed by atoms with E-state index in [1.165, 1.54) is 19.3 Å². The zero-order valence-electron chi connectivity index (χ0n) is 13.1. The van der Waals surface area contributed by atoms with Gasteiger partial charge in [-0.2, -0.15) is 0 Å². The summed E-state index contributed by atoms with van der Waals surface area (Å²) in [5.41, 5.74) is 1.63. The minimum absolute atomic E-state index is 0.158. The molecule has 0 spiro atoms. The van der Waals surface area contributed by atoms with Crippen LogP contribution in [0.2, 0.25) is 0 Å². The molecule has 1 aliphatic carbocycles. The molecule has 1 aliphatic rings. The molecule has 2 amide bonds. The van der Waals surface area contributed by atoms with Gasteiger partial charge in [-0.3, -0.25) is 0 Å². The van der Waals surface area contributed by atoms with Gasteiger partial charge in [0.25, 0.3) is 0 Å². The van der Waals surface area contributed by atoms with Gasteiger partial charge in [0.15, 0.2) is 0 Å². The lowest BCUT2D eigenvalue weighted by atomic mass is 9.96. The molecule has 116 valence electrons. The van der Waals surface area contributed by atoms with Crippen LogP contribution in [-0.2, 0) is 0 Å². The fourth-order valence-electron chi connectivity index (χ4n) is 2.77. The van der Waals surface area contributed by atoms with Crippen molar-refractivity contribution in [3.05, 3.63) is 18.2 Å². The number of rotatable bonds is 4. The summed E-state index contributed by atoms with van der Waals surface area (Å²) in [6.45, 7) is 0. The minimum atomic E-state index is -0.158. The summed E-state index contributed by atoms with van der Waals surface area (Å²) in [6, 6.07) is 5.85. The van der Waals surface area contributed by atoms with Crippen LogP contribution in [0.4, 0.5) is 16.2 Å². The summed E-state index contributed by atoms with van der Waals surface area (Å²) in [4.78, 5) is 14.2. The average Bonchev–Trinajstić information content (AvgIpc) is 2.48. The highest BCUT2D eigenvalue weighted by Crippen LogP contribution is 2.34. The van der Waals surface area contributed by atoms with Gasteiger partial charge < -0.3 is 20.3 Å². The summed E-state index contributed by atoms with van der Waals surface area (Å²) >= 11 is 0. The number of carbonyl (C=O) groups is 1. The van der Waals surface area contributed by atoms with Crippen LogP contribution in [0.25, 0.3) is 0 Å². The molecule has 0 bridgehead atoms. The normalized spacial score (nSPS) is 15.4. The van der Waals surface area contributed by atoms with E-state index in [1.54, 1.807) is 7.11 Å². The van der Waals surface area contributed by atoms with Crippen molar-refractivity contribution in [3.63, 3.8) is 0 Å². The zero-order chi connectivity index (χ0) is 15.2. The maximum absolute atomic E-state index is 12.2. The molecule has 0 atom stereocenters. The molecular weight excluding hydrogens is 266 g/mol. The van der Waals surface area contributed by atoms with E-state index in [-0.39, 0.29) is 12.1 Å². The highest BCUT2D eigenvalue weighted by molar-refractivity contribution is 5.95. The summed E-state index contributed by atoms with van der Waals surface area (Å²) in [6.07, 6.45) is 5.81. The first kappa shape index (κ1) is 15.5. The smallest absolute Gasteiger partial charge is 0.319 e. The van der Waals surface area contributed by atoms with Crippen molar-refractivity contribution in [1.82, 2.24) is 5.32 Å². The van der Waals surface area contributed by atoms with Crippen molar-refractivity contribution >= 4 is 17.4 Å². The van der Waals surface area contributed by atoms with Gasteiger partial charge in [0, 0.05) is 20.1 Å². The lowest BCUT2D eigenvalue weighted by Crippen LogP contribution is -2.39. The lowest BCUT2D eigenvalue weighted by molar-refractivity contribution is 0.244. The number of para-hydroxylation sites is 1. The van der Waals surface area contributed by atoms with E-state index in [9.17, 15) is 4.79 Å². The predicted molar refractivity (Wildman–Crippen MR) is 86.3 cm³/mol. The third kappa shape index (κ3) is 4.03. The number of nitrogens with zero attached hydrogens (tertiary/aromatic N) is 1. The maximum atomic E-state index is 12.2. The second kappa shape index (κ2) is 7.20. The molecule has 2 N–H and O–H groups in total. The van der Waals surface area contributed by atoms with Crippen LogP contribution in [0, 0.1) is 0 Å². The van der Waals surface area contributed by atoms with Gasteiger partial charge in [0.05, 0.1) is 12.8 Å². The van der Waals surface area contributed by atoms with Crippen molar-refractivity contribution in [2.24, 2.45) is 0 Å². The Bertz CT molecular complexity index is 482. The van der Waals surface area contributed by atoms with Crippen LogP contribution in [0.15, 0.2) is 18.2 Å².